The van der Waals surface area contributed by atoms with E-state index in [9.17, 15) is 13.2 Å². The van der Waals surface area contributed by atoms with E-state index in [4.69, 9.17) is 0 Å². The second-order valence-corrected chi connectivity index (χ2v) is 5.77. The van der Waals surface area contributed by atoms with Crippen molar-refractivity contribution in [2.24, 2.45) is 0 Å². The molecule has 21 heavy (non-hydrogen) atoms. The van der Waals surface area contributed by atoms with Gasteiger partial charge in [0.25, 0.3) is 0 Å². The highest BCUT2D eigenvalue weighted by molar-refractivity contribution is 5.11. The molecule has 0 aliphatic rings. The first kappa shape index (κ1) is 17.9. The smallest absolute Gasteiger partial charge is 0.309 e. The lowest BCUT2D eigenvalue weighted by molar-refractivity contribution is -0.151. The molecular formula is C15H24F3N3. The van der Waals surface area contributed by atoms with E-state index in [1.807, 2.05) is 26.0 Å². The summed E-state index contributed by atoms with van der Waals surface area (Å²) in [5.41, 5.74) is 1.51. The molecule has 0 aliphatic carbocycles. The number of hydrogen-bond donors (Lipinski definition) is 1. The fourth-order valence-electron chi connectivity index (χ4n) is 1.88. The molecule has 0 radical (unpaired) electrons. The first-order valence-electron chi connectivity index (χ1n) is 7.16. The first-order chi connectivity index (χ1) is 9.67. The van der Waals surface area contributed by atoms with Gasteiger partial charge in [0.2, 0.25) is 0 Å². The van der Waals surface area contributed by atoms with Crippen molar-refractivity contribution in [2.75, 3.05) is 6.54 Å². The van der Waals surface area contributed by atoms with Crippen LogP contribution in [-0.2, 0) is 13.1 Å². The van der Waals surface area contributed by atoms with E-state index in [-0.39, 0.29) is 12.6 Å². The first-order valence-corrected chi connectivity index (χ1v) is 7.16. The number of pyridine rings is 1. The van der Waals surface area contributed by atoms with E-state index < -0.39 is 12.7 Å². The molecule has 0 aliphatic heterocycles. The Morgan fingerprint density at radius 3 is 2.29 bits per heavy atom. The predicted molar refractivity (Wildman–Crippen MR) is 77.8 cm³/mol. The molecule has 120 valence electrons. The number of nitrogens with zero attached hydrogens (tertiary/aromatic N) is 2. The van der Waals surface area contributed by atoms with Crippen LogP contribution in [0.4, 0.5) is 13.2 Å². The largest absolute Gasteiger partial charge is 0.401 e. The van der Waals surface area contributed by atoms with E-state index in [1.54, 1.807) is 19.9 Å². The molecular weight excluding hydrogens is 279 g/mol. The Morgan fingerprint density at radius 1 is 1.14 bits per heavy atom. The Kier molecular flexibility index (Phi) is 6.61. The number of hydrogen-bond acceptors (Lipinski definition) is 3. The van der Waals surface area contributed by atoms with Crippen molar-refractivity contribution in [3.8, 4) is 0 Å². The Labute approximate surface area is 124 Å². The highest BCUT2D eigenvalue weighted by Crippen LogP contribution is 2.19. The van der Waals surface area contributed by atoms with Gasteiger partial charge in [-0.2, -0.15) is 13.2 Å². The molecule has 0 amide bonds. The fraction of sp³-hybridized carbons (Fsp3) is 0.667. The minimum atomic E-state index is -4.19. The van der Waals surface area contributed by atoms with Crippen LogP contribution in [0.15, 0.2) is 18.2 Å². The van der Waals surface area contributed by atoms with E-state index >= 15 is 0 Å². The minimum Gasteiger partial charge on any atom is -0.309 e. The van der Waals surface area contributed by atoms with E-state index in [0.717, 1.165) is 5.69 Å². The van der Waals surface area contributed by atoms with E-state index in [1.165, 1.54) is 4.90 Å². The lowest BCUT2D eigenvalue weighted by Crippen LogP contribution is -2.38. The van der Waals surface area contributed by atoms with Crippen LogP contribution in [0.3, 0.4) is 0 Å². The van der Waals surface area contributed by atoms with Crippen molar-refractivity contribution in [3.63, 3.8) is 0 Å². The van der Waals surface area contributed by atoms with Gasteiger partial charge in [0.1, 0.15) is 0 Å². The zero-order chi connectivity index (χ0) is 16.0. The molecule has 0 unspecified atom stereocenters. The fourth-order valence-corrected chi connectivity index (χ4v) is 1.88. The van der Waals surface area contributed by atoms with Gasteiger partial charge < -0.3 is 5.32 Å². The van der Waals surface area contributed by atoms with Gasteiger partial charge in [0.15, 0.2) is 0 Å². The van der Waals surface area contributed by atoms with Gasteiger partial charge in [-0.25, -0.2) is 0 Å². The second-order valence-electron chi connectivity index (χ2n) is 5.77. The van der Waals surface area contributed by atoms with Gasteiger partial charge in [-0.05, 0) is 26.0 Å². The average molecular weight is 303 g/mol. The molecule has 0 saturated carbocycles. The van der Waals surface area contributed by atoms with Gasteiger partial charge >= 0.3 is 6.18 Å². The SMILES string of the molecule is CC(C)NCc1cccc(CN(CC(F)(F)F)C(C)C)n1. The maximum atomic E-state index is 12.6. The lowest BCUT2D eigenvalue weighted by Gasteiger charge is -2.27. The molecule has 0 aromatic carbocycles. The van der Waals surface area contributed by atoms with E-state index in [0.29, 0.717) is 18.3 Å². The molecule has 0 fully saturated rings. The average Bonchev–Trinajstić information content (AvgIpc) is 2.34. The number of alkyl halides is 3. The highest BCUT2D eigenvalue weighted by atomic mass is 19.4. The van der Waals surface area contributed by atoms with Crippen LogP contribution in [0, 0.1) is 0 Å². The maximum Gasteiger partial charge on any atom is 0.401 e. The van der Waals surface area contributed by atoms with Crippen LogP contribution in [0.1, 0.15) is 39.1 Å². The Bertz CT molecular complexity index is 430. The zero-order valence-electron chi connectivity index (χ0n) is 13.0. The summed E-state index contributed by atoms with van der Waals surface area (Å²) >= 11 is 0. The summed E-state index contributed by atoms with van der Waals surface area (Å²) in [4.78, 5) is 5.80. The molecule has 0 bridgehead atoms. The standard InChI is InChI=1S/C15H24F3N3/c1-11(2)19-8-13-6-5-7-14(20-13)9-21(12(3)4)10-15(16,17)18/h5-7,11-12,19H,8-10H2,1-4H3. The monoisotopic (exact) mass is 303 g/mol. The van der Waals surface area contributed by atoms with E-state index in [2.05, 4.69) is 10.3 Å². The minimum absolute atomic E-state index is 0.189. The molecule has 1 aromatic heterocycles. The second kappa shape index (κ2) is 7.75. The Morgan fingerprint density at radius 2 is 1.76 bits per heavy atom. The Balaban J connectivity index is 2.73. The van der Waals surface area contributed by atoms with Gasteiger partial charge in [-0.3, -0.25) is 9.88 Å². The van der Waals surface area contributed by atoms with Crippen molar-refractivity contribution in [2.45, 2.75) is 59.0 Å². The normalized spacial score (nSPS) is 12.7. The van der Waals surface area contributed by atoms with Crippen molar-refractivity contribution >= 4 is 0 Å². The number of aromatic nitrogens is 1. The summed E-state index contributed by atoms with van der Waals surface area (Å²) in [7, 11) is 0. The van der Waals surface area contributed by atoms with Crippen molar-refractivity contribution in [1.82, 2.24) is 15.2 Å². The molecule has 6 heteroatoms. The summed E-state index contributed by atoms with van der Waals surface area (Å²) < 4.78 is 37.8. The molecule has 1 heterocycles. The molecule has 3 nitrogen and oxygen atoms in total. The maximum absolute atomic E-state index is 12.6. The summed E-state index contributed by atoms with van der Waals surface area (Å²) in [6.45, 7) is 7.49. The van der Waals surface area contributed by atoms with Gasteiger partial charge in [0.05, 0.1) is 17.9 Å². The molecule has 1 rings (SSSR count). The van der Waals surface area contributed by atoms with Crippen molar-refractivity contribution in [1.29, 1.82) is 0 Å². The zero-order valence-corrected chi connectivity index (χ0v) is 13.0. The molecule has 1 aromatic rings. The third-order valence-electron chi connectivity index (χ3n) is 3.03. The molecule has 0 saturated heterocycles. The summed E-state index contributed by atoms with van der Waals surface area (Å²) in [5.74, 6) is 0. The summed E-state index contributed by atoms with van der Waals surface area (Å²) in [6, 6.07) is 5.64. The Hall–Kier alpha value is -1.14. The van der Waals surface area contributed by atoms with Crippen LogP contribution >= 0.6 is 0 Å². The molecule has 0 spiro atoms. The number of rotatable bonds is 7. The highest BCUT2D eigenvalue weighted by Gasteiger charge is 2.31. The van der Waals surface area contributed by atoms with Crippen LogP contribution in [0.5, 0.6) is 0 Å². The summed E-state index contributed by atoms with van der Waals surface area (Å²) in [5, 5.41) is 3.25. The van der Waals surface area contributed by atoms with Crippen LogP contribution in [0.25, 0.3) is 0 Å². The number of nitrogens with one attached hydrogen (secondary N) is 1. The van der Waals surface area contributed by atoms with Crippen LogP contribution in [-0.4, -0.2) is 34.7 Å². The summed E-state index contributed by atoms with van der Waals surface area (Å²) in [6.07, 6.45) is -4.19. The van der Waals surface area contributed by atoms with Crippen LogP contribution < -0.4 is 5.32 Å². The van der Waals surface area contributed by atoms with Gasteiger partial charge in [-0.1, -0.05) is 19.9 Å². The third-order valence-corrected chi connectivity index (χ3v) is 3.03. The quantitative estimate of drug-likeness (QED) is 0.837. The topological polar surface area (TPSA) is 28.2 Å². The molecule has 0 atom stereocenters. The van der Waals surface area contributed by atoms with Crippen molar-refractivity contribution < 1.29 is 13.2 Å². The van der Waals surface area contributed by atoms with Gasteiger partial charge in [-0.15, -0.1) is 0 Å². The lowest BCUT2D eigenvalue weighted by atomic mass is 10.2. The third kappa shape index (κ3) is 7.43. The number of halogens is 3. The van der Waals surface area contributed by atoms with Crippen molar-refractivity contribution in [3.05, 3.63) is 29.6 Å². The molecule has 1 N–H and O–H groups in total. The van der Waals surface area contributed by atoms with Crippen LogP contribution in [0.2, 0.25) is 0 Å². The van der Waals surface area contributed by atoms with Gasteiger partial charge in [0, 0.05) is 25.2 Å². The predicted octanol–water partition coefficient (Wildman–Crippen LogP) is 3.35.